The van der Waals surface area contributed by atoms with Crippen LogP contribution in [0.3, 0.4) is 0 Å². The molecule has 2 atom stereocenters. The van der Waals surface area contributed by atoms with Crippen molar-refractivity contribution in [1.82, 2.24) is 4.90 Å². The number of hydrogen-bond acceptors (Lipinski definition) is 3. The van der Waals surface area contributed by atoms with Crippen molar-refractivity contribution in [3.63, 3.8) is 0 Å². The van der Waals surface area contributed by atoms with E-state index >= 15 is 0 Å². The summed E-state index contributed by atoms with van der Waals surface area (Å²) in [5.41, 5.74) is -0.242. The minimum absolute atomic E-state index is 0.0259. The van der Waals surface area contributed by atoms with Crippen LogP contribution in [0.2, 0.25) is 0 Å². The van der Waals surface area contributed by atoms with E-state index in [2.05, 4.69) is 18.7 Å². The molecule has 0 spiro atoms. The number of likely N-dealkylation sites (tertiary alicyclic amines) is 1. The summed E-state index contributed by atoms with van der Waals surface area (Å²) in [6, 6.07) is 0. The van der Waals surface area contributed by atoms with Crippen LogP contribution in [0, 0.1) is 5.92 Å². The van der Waals surface area contributed by atoms with E-state index in [1.165, 1.54) is 32.4 Å². The first-order valence-electron chi connectivity index (χ1n) is 6.04. The van der Waals surface area contributed by atoms with Crippen LogP contribution in [0.4, 0.5) is 0 Å². The Morgan fingerprint density at radius 1 is 1.40 bits per heavy atom. The van der Waals surface area contributed by atoms with Crippen molar-refractivity contribution in [3.8, 4) is 0 Å². The first-order valence-corrected chi connectivity index (χ1v) is 6.04. The maximum atomic E-state index is 11.3. The number of carbonyl (C=O) groups is 1. The van der Waals surface area contributed by atoms with Gasteiger partial charge in [0.1, 0.15) is 5.60 Å². The third-order valence-electron chi connectivity index (χ3n) is 3.85. The lowest BCUT2D eigenvalue weighted by Crippen LogP contribution is -2.46. The van der Waals surface area contributed by atoms with E-state index in [1.807, 2.05) is 0 Å². The van der Waals surface area contributed by atoms with Crippen LogP contribution in [0.15, 0.2) is 0 Å². The minimum atomic E-state index is -0.242. The fourth-order valence-corrected chi connectivity index (χ4v) is 2.62. The molecule has 0 bridgehead atoms. The van der Waals surface area contributed by atoms with Gasteiger partial charge in [-0.15, -0.1) is 0 Å². The standard InChI is InChI=1S/C12H21NO2/c1-10-8-11(14)15-12(10,2)9-13-6-4-3-5-7-13/h10H,3-9H2,1-2H3. The van der Waals surface area contributed by atoms with Crippen molar-refractivity contribution in [1.29, 1.82) is 0 Å². The van der Waals surface area contributed by atoms with E-state index in [0.29, 0.717) is 12.3 Å². The average Bonchev–Trinajstić information content (AvgIpc) is 2.41. The lowest BCUT2D eigenvalue weighted by Gasteiger charge is -2.35. The Morgan fingerprint density at radius 2 is 2.07 bits per heavy atom. The van der Waals surface area contributed by atoms with E-state index in [1.54, 1.807) is 0 Å². The molecule has 2 saturated heterocycles. The van der Waals surface area contributed by atoms with E-state index in [9.17, 15) is 4.79 Å². The smallest absolute Gasteiger partial charge is 0.306 e. The molecular weight excluding hydrogens is 190 g/mol. The molecule has 0 saturated carbocycles. The monoisotopic (exact) mass is 211 g/mol. The summed E-state index contributed by atoms with van der Waals surface area (Å²) in [6.45, 7) is 7.45. The summed E-state index contributed by atoms with van der Waals surface area (Å²) < 4.78 is 5.48. The number of cyclic esters (lactones) is 1. The second-order valence-corrected chi connectivity index (χ2v) is 5.23. The topological polar surface area (TPSA) is 29.5 Å². The lowest BCUT2D eigenvalue weighted by atomic mass is 9.90. The maximum absolute atomic E-state index is 11.3. The molecule has 3 nitrogen and oxygen atoms in total. The lowest BCUT2D eigenvalue weighted by molar-refractivity contribution is -0.149. The van der Waals surface area contributed by atoms with Gasteiger partial charge in [-0.25, -0.2) is 0 Å². The zero-order valence-electron chi connectivity index (χ0n) is 9.79. The van der Waals surface area contributed by atoms with Crippen molar-refractivity contribution in [2.24, 2.45) is 5.92 Å². The van der Waals surface area contributed by atoms with Crippen molar-refractivity contribution < 1.29 is 9.53 Å². The van der Waals surface area contributed by atoms with Gasteiger partial charge in [0.15, 0.2) is 0 Å². The molecule has 2 aliphatic rings. The number of carbonyl (C=O) groups excluding carboxylic acids is 1. The SMILES string of the molecule is CC1CC(=O)OC1(C)CN1CCCCC1. The van der Waals surface area contributed by atoms with Crippen molar-refractivity contribution in [2.75, 3.05) is 19.6 Å². The normalized spacial score (nSPS) is 38.0. The number of rotatable bonds is 2. The van der Waals surface area contributed by atoms with E-state index < -0.39 is 0 Å². The minimum Gasteiger partial charge on any atom is -0.458 e. The fraction of sp³-hybridized carbons (Fsp3) is 0.917. The van der Waals surface area contributed by atoms with Crippen LogP contribution in [-0.2, 0) is 9.53 Å². The molecule has 0 amide bonds. The maximum Gasteiger partial charge on any atom is 0.306 e. The predicted molar refractivity (Wildman–Crippen MR) is 58.6 cm³/mol. The molecule has 0 aromatic rings. The van der Waals surface area contributed by atoms with Gasteiger partial charge in [0.05, 0.1) is 6.42 Å². The Kier molecular flexibility index (Phi) is 3.01. The van der Waals surface area contributed by atoms with Gasteiger partial charge in [0.2, 0.25) is 0 Å². The first-order chi connectivity index (χ1) is 7.10. The largest absolute Gasteiger partial charge is 0.458 e. The van der Waals surface area contributed by atoms with Crippen LogP contribution in [0.1, 0.15) is 39.5 Å². The highest BCUT2D eigenvalue weighted by molar-refractivity contribution is 5.72. The number of hydrogen-bond donors (Lipinski definition) is 0. The van der Waals surface area contributed by atoms with Crippen LogP contribution < -0.4 is 0 Å². The molecule has 0 aliphatic carbocycles. The summed E-state index contributed by atoms with van der Waals surface area (Å²) in [6.07, 6.45) is 4.52. The summed E-state index contributed by atoms with van der Waals surface area (Å²) in [4.78, 5) is 13.7. The Morgan fingerprint density at radius 3 is 2.60 bits per heavy atom. The quantitative estimate of drug-likeness (QED) is 0.652. The van der Waals surface area contributed by atoms with Crippen molar-refractivity contribution in [2.45, 2.75) is 45.1 Å². The third-order valence-corrected chi connectivity index (χ3v) is 3.85. The molecule has 86 valence electrons. The van der Waals surface area contributed by atoms with Gasteiger partial charge < -0.3 is 4.74 Å². The van der Waals surface area contributed by atoms with E-state index in [4.69, 9.17) is 4.74 Å². The highest BCUT2D eigenvalue weighted by Crippen LogP contribution is 2.33. The van der Waals surface area contributed by atoms with Gasteiger partial charge in [-0.2, -0.15) is 0 Å². The van der Waals surface area contributed by atoms with Gasteiger partial charge in [-0.1, -0.05) is 13.3 Å². The number of ether oxygens (including phenoxy) is 1. The van der Waals surface area contributed by atoms with Gasteiger partial charge >= 0.3 is 5.97 Å². The van der Waals surface area contributed by atoms with E-state index in [-0.39, 0.29) is 11.6 Å². The summed E-state index contributed by atoms with van der Waals surface area (Å²) in [7, 11) is 0. The van der Waals surface area contributed by atoms with E-state index in [0.717, 1.165) is 6.54 Å². The fourth-order valence-electron chi connectivity index (χ4n) is 2.62. The summed E-state index contributed by atoms with van der Waals surface area (Å²) in [5, 5.41) is 0. The van der Waals surface area contributed by atoms with Crippen LogP contribution in [-0.4, -0.2) is 36.1 Å². The summed E-state index contributed by atoms with van der Waals surface area (Å²) >= 11 is 0. The Balaban J connectivity index is 1.94. The summed E-state index contributed by atoms with van der Waals surface area (Å²) in [5.74, 6) is 0.328. The Bertz CT molecular complexity index is 248. The van der Waals surface area contributed by atoms with Crippen molar-refractivity contribution >= 4 is 5.97 Å². The zero-order chi connectivity index (χ0) is 10.9. The van der Waals surface area contributed by atoms with Gasteiger partial charge in [0, 0.05) is 12.5 Å². The molecule has 2 fully saturated rings. The second-order valence-electron chi connectivity index (χ2n) is 5.23. The van der Waals surface area contributed by atoms with Crippen LogP contribution in [0.5, 0.6) is 0 Å². The molecule has 15 heavy (non-hydrogen) atoms. The number of nitrogens with zero attached hydrogens (tertiary/aromatic N) is 1. The molecule has 2 heterocycles. The Hall–Kier alpha value is -0.570. The molecule has 3 heteroatoms. The molecular formula is C12H21NO2. The molecule has 2 unspecified atom stereocenters. The van der Waals surface area contributed by atoms with Crippen molar-refractivity contribution in [3.05, 3.63) is 0 Å². The van der Waals surface area contributed by atoms with Gasteiger partial charge in [-0.3, -0.25) is 9.69 Å². The molecule has 0 aromatic heterocycles. The average molecular weight is 211 g/mol. The van der Waals surface area contributed by atoms with Gasteiger partial charge in [0.25, 0.3) is 0 Å². The number of esters is 1. The number of piperidine rings is 1. The predicted octanol–water partition coefficient (Wildman–Crippen LogP) is 1.81. The molecule has 0 N–H and O–H groups in total. The molecule has 0 aromatic carbocycles. The molecule has 2 aliphatic heterocycles. The second kappa shape index (κ2) is 4.12. The zero-order valence-corrected chi connectivity index (χ0v) is 9.79. The third kappa shape index (κ3) is 2.33. The molecule has 2 rings (SSSR count). The van der Waals surface area contributed by atoms with Gasteiger partial charge in [-0.05, 0) is 32.9 Å². The first kappa shape index (κ1) is 10.9. The van der Waals surface area contributed by atoms with Crippen LogP contribution >= 0.6 is 0 Å². The highest BCUT2D eigenvalue weighted by atomic mass is 16.6. The molecule has 0 radical (unpaired) electrons. The van der Waals surface area contributed by atoms with Crippen LogP contribution in [0.25, 0.3) is 0 Å². The highest BCUT2D eigenvalue weighted by Gasteiger charge is 2.43. The Labute approximate surface area is 91.8 Å².